The molecule has 0 rings (SSSR count). The third kappa shape index (κ3) is 28.4. The van der Waals surface area contributed by atoms with E-state index in [0.717, 1.165) is 13.8 Å². The predicted octanol–water partition coefficient (Wildman–Crippen LogP) is -8.93. The van der Waals surface area contributed by atoms with Crippen LogP contribution in [0.1, 0.15) is 98.3 Å². The summed E-state index contributed by atoms with van der Waals surface area (Å²) in [6.45, 7) is 4.39. The van der Waals surface area contributed by atoms with Crippen LogP contribution in [-0.4, -0.2) is 206 Å². The van der Waals surface area contributed by atoms with Crippen molar-refractivity contribution in [3.05, 3.63) is 0 Å². The van der Waals surface area contributed by atoms with Gasteiger partial charge in [-0.15, -0.1) is 0 Å². The molecule has 0 aromatic carbocycles. The maximum Gasteiger partial charge on any atom is 0.326 e. The highest BCUT2D eigenvalue weighted by Gasteiger charge is 2.38. The van der Waals surface area contributed by atoms with Crippen molar-refractivity contribution in [1.82, 2.24) is 47.9 Å². The van der Waals surface area contributed by atoms with Crippen LogP contribution in [0.5, 0.6) is 0 Å². The van der Waals surface area contributed by atoms with Gasteiger partial charge < -0.3 is 107 Å². The van der Waals surface area contributed by atoms with Crippen LogP contribution in [0.15, 0.2) is 4.99 Å². The SMILES string of the molecule is CC[C@H](C)[C@H](NC(=O)CNC(=O)[C@@H](NC(=O)[C@H](CC(=O)O)NC(=O)[C@@H](N)CCCCN)[C@@H](C)O)C(=O)N[C@@H](CCC(N)=O)C(=O)N[C@H](C(=O)N[C@@H](CC(=O)O)C(=O)N[C@@H](CCCN=C(N)N)C(=O)N[C@@H](CC(=O)O)C(=O)O)[C@@H](C)O. The second kappa shape index (κ2) is 36.7. The molecule has 452 valence electrons. The highest BCUT2D eigenvalue weighted by atomic mass is 16.4. The normalized spacial score (nSPS) is 15.4. The van der Waals surface area contributed by atoms with E-state index in [1.165, 1.54) is 6.92 Å². The zero-order valence-electron chi connectivity index (χ0n) is 44.6. The number of hydrogen-bond acceptors (Lipinski definition) is 19. The number of unbranched alkanes of at least 4 members (excludes halogenated alkanes) is 1. The molecule has 0 saturated carbocycles. The lowest BCUT2D eigenvalue weighted by atomic mass is 9.97. The standard InChI is InChI=1S/C45H77N15O20/c1-5-19(2)33(58-29(64)18-52-41(76)34(20(3)61)59-40(75)26(16-31(67)68)55-36(71)22(47)9-6-7-13-46)42(77)54-24(11-12-28(48)63)38(73)60-35(21(4)62)43(78)56-25(15-30(65)66)39(74)53-23(10-8-14-51-45(49)50)37(72)57-27(44(79)80)17-32(69)70/h19-27,33-35,61-62H,5-18,46-47H2,1-4H3,(H2,48,63)(H,52,76)(H,53,74)(H,54,77)(H,55,71)(H,56,78)(H,57,72)(H,58,64)(H,59,75)(H,60,73)(H,65,66)(H,67,68)(H,69,70)(H,79,80)(H4,49,50,51)/t19-,20+,21+,22-,23-,24-,25-,26-,27-,33-,34-,35-/m0/s1. The summed E-state index contributed by atoms with van der Waals surface area (Å²) < 4.78 is 0. The fourth-order valence-corrected chi connectivity index (χ4v) is 6.98. The first-order valence-electron chi connectivity index (χ1n) is 25.0. The maximum absolute atomic E-state index is 13.9. The number of carboxylic acids is 4. The number of guanidine groups is 1. The third-order valence-corrected chi connectivity index (χ3v) is 11.6. The molecule has 0 bridgehead atoms. The van der Waals surface area contributed by atoms with Gasteiger partial charge in [0.1, 0.15) is 48.3 Å². The molecular formula is C45H77N15O20. The maximum atomic E-state index is 13.9. The van der Waals surface area contributed by atoms with Crippen molar-refractivity contribution >= 4 is 88.9 Å². The van der Waals surface area contributed by atoms with Gasteiger partial charge in [0, 0.05) is 13.0 Å². The molecule has 0 saturated heterocycles. The van der Waals surface area contributed by atoms with Crippen molar-refractivity contribution in [3.8, 4) is 0 Å². The Morgan fingerprint density at radius 2 is 0.912 bits per heavy atom. The van der Waals surface area contributed by atoms with E-state index in [9.17, 15) is 92.7 Å². The Kier molecular flexibility index (Phi) is 32.9. The summed E-state index contributed by atoms with van der Waals surface area (Å²) in [6, 6.07) is -16.0. The van der Waals surface area contributed by atoms with Crippen LogP contribution in [-0.2, 0) is 67.1 Å². The van der Waals surface area contributed by atoms with Gasteiger partial charge in [-0.1, -0.05) is 26.7 Å². The van der Waals surface area contributed by atoms with Crippen LogP contribution in [0.3, 0.4) is 0 Å². The number of nitrogens with zero attached hydrogens (tertiary/aromatic N) is 1. The Hall–Kier alpha value is -8.31. The van der Waals surface area contributed by atoms with E-state index >= 15 is 0 Å². The summed E-state index contributed by atoms with van der Waals surface area (Å²) in [6.07, 6.45) is -7.12. The Balaban J connectivity index is 6.48. The fourth-order valence-electron chi connectivity index (χ4n) is 6.98. The van der Waals surface area contributed by atoms with Crippen LogP contribution >= 0.6 is 0 Å². The van der Waals surface area contributed by atoms with Crippen LogP contribution in [0.2, 0.25) is 0 Å². The number of aliphatic carboxylic acids is 4. The molecule has 35 heteroatoms. The number of rotatable bonds is 40. The Bertz CT molecular complexity index is 2230. The van der Waals surface area contributed by atoms with E-state index in [0.29, 0.717) is 19.4 Å². The number of primary amides is 1. The van der Waals surface area contributed by atoms with Crippen LogP contribution < -0.4 is 76.5 Å². The molecule has 0 aromatic rings. The molecule has 25 N–H and O–H groups in total. The molecule has 0 radical (unpaired) electrons. The number of nitrogens with one attached hydrogen (secondary N) is 9. The van der Waals surface area contributed by atoms with Gasteiger partial charge in [-0.3, -0.25) is 67.3 Å². The number of amides is 10. The number of hydrogen-bond donors (Lipinski definition) is 20. The van der Waals surface area contributed by atoms with E-state index in [1.54, 1.807) is 6.92 Å². The van der Waals surface area contributed by atoms with E-state index in [-0.39, 0.29) is 38.2 Å². The first-order valence-corrected chi connectivity index (χ1v) is 25.0. The van der Waals surface area contributed by atoms with Gasteiger partial charge >= 0.3 is 23.9 Å². The number of aliphatic imine (C=N–C) groups is 1. The summed E-state index contributed by atoms with van der Waals surface area (Å²) in [4.78, 5) is 182. The topological polar surface area (TPSA) is 611 Å². The number of carbonyl (C=O) groups is 14. The van der Waals surface area contributed by atoms with Gasteiger partial charge in [-0.05, 0) is 58.4 Å². The van der Waals surface area contributed by atoms with Crippen LogP contribution in [0, 0.1) is 5.92 Å². The molecule has 12 atom stereocenters. The van der Waals surface area contributed by atoms with E-state index in [4.69, 9.17) is 33.8 Å². The minimum Gasteiger partial charge on any atom is -0.481 e. The second-order valence-corrected chi connectivity index (χ2v) is 18.4. The number of carboxylic acid groups (broad SMARTS) is 4. The highest BCUT2D eigenvalue weighted by molar-refractivity contribution is 5.99. The molecule has 80 heavy (non-hydrogen) atoms. The Labute approximate surface area is 457 Å². The van der Waals surface area contributed by atoms with E-state index in [1.807, 2.05) is 10.6 Å². The quantitative estimate of drug-likeness (QED) is 0.0154. The molecule has 0 aromatic heterocycles. The highest BCUT2D eigenvalue weighted by Crippen LogP contribution is 2.11. The van der Waals surface area contributed by atoms with Crippen molar-refractivity contribution in [2.24, 2.45) is 39.6 Å². The lowest BCUT2D eigenvalue weighted by Gasteiger charge is -2.29. The minimum atomic E-state index is -2.11. The predicted molar refractivity (Wildman–Crippen MR) is 275 cm³/mol. The molecule has 0 fully saturated rings. The largest absolute Gasteiger partial charge is 0.481 e. The summed E-state index contributed by atoms with van der Waals surface area (Å²) in [5.41, 5.74) is 27.2. The van der Waals surface area contributed by atoms with Crippen molar-refractivity contribution in [2.75, 3.05) is 19.6 Å². The monoisotopic (exact) mass is 1150 g/mol. The summed E-state index contributed by atoms with van der Waals surface area (Å²) in [5.74, 6) is -19.5. The number of aliphatic hydroxyl groups excluding tert-OH is 2. The zero-order chi connectivity index (χ0) is 61.6. The average molecular weight is 1150 g/mol. The number of carbonyl (C=O) groups excluding carboxylic acids is 10. The van der Waals surface area contributed by atoms with Crippen molar-refractivity contribution in [1.29, 1.82) is 0 Å². The molecule has 0 aliphatic rings. The van der Waals surface area contributed by atoms with Gasteiger partial charge in [0.05, 0.1) is 44.1 Å². The summed E-state index contributed by atoms with van der Waals surface area (Å²) in [7, 11) is 0. The van der Waals surface area contributed by atoms with Crippen molar-refractivity contribution in [2.45, 2.75) is 165 Å². The fraction of sp³-hybridized carbons (Fsp3) is 0.667. The second-order valence-electron chi connectivity index (χ2n) is 18.4. The molecular weight excluding hydrogens is 1070 g/mol. The van der Waals surface area contributed by atoms with Crippen LogP contribution in [0.4, 0.5) is 0 Å². The summed E-state index contributed by atoms with van der Waals surface area (Å²) >= 11 is 0. The molecule has 0 spiro atoms. The van der Waals surface area contributed by atoms with E-state index in [2.05, 4.69) is 42.2 Å². The first kappa shape index (κ1) is 71.7. The van der Waals surface area contributed by atoms with E-state index < -0.39 is 194 Å². The van der Waals surface area contributed by atoms with Gasteiger partial charge in [0.25, 0.3) is 0 Å². The van der Waals surface area contributed by atoms with Gasteiger partial charge in [-0.2, -0.15) is 0 Å². The Morgan fingerprint density at radius 1 is 0.487 bits per heavy atom. The lowest BCUT2D eigenvalue weighted by molar-refractivity contribution is -0.147. The molecule has 0 unspecified atom stereocenters. The minimum absolute atomic E-state index is 0.0817. The van der Waals surface area contributed by atoms with Gasteiger partial charge in [0.15, 0.2) is 5.96 Å². The number of aliphatic hydroxyl groups is 2. The average Bonchev–Trinajstić information content (AvgIpc) is 3.35. The molecule has 35 nitrogen and oxygen atoms in total. The van der Waals surface area contributed by atoms with Gasteiger partial charge in [-0.25, -0.2) is 4.79 Å². The third-order valence-electron chi connectivity index (χ3n) is 11.6. The molecule has 0 aliphatic heterocycles. The number of nitrogens with two attached hydrogens (primary N) is 5. The summed E-state index contributed by atoms with van der Waals surface area (Å²) in [5, 5.41) is 78.0. The first-order chi connectivity index (χ1) is 37.3. The smallest absolute Gasteiger partial charge is 0.326 e. The zero-order valence-corrected chi connectivity index (χ0v) is 44.6. The van der Waals surface area contributed by atoms with Crippen molar-refractivity contribution in [3.63, 3.8) is 0 Å². The lowest BCUT2D eigenvalue weighted by Crippen LogP contribution is -2.62. The molecule has 0 heterocycles. The van der Waals surface area contributed by atoms with Crippen molar-refractivity contribution < 1.29 is 97.8 Å². The molecule has 10 amide bonds. The Morgan fingerprint density at radius 3 is 1.39 bits per heavy atom. The molecule has 0 aliphatic carbocycles. The van der Waals surface area contributed by atoms with Gasteiger partial charge in [0.2, 0.25) is 59.1 Å². The van der Waals surface area contributed by atoms with Crippen LogP contribution in [0.25, 0.3) is 0 Å².